The minimum Gasteiger partial charge on any atom is -0.480 e. The zero-order chi connectivity index (χ0) is 10.1. The Morgan fingerprint density at radius 3 is 2.62 bits per heavy atom. The molecule has 0 radical (unpaired) electrons. The molecule has 0 aromatic carbocycles. The first-order valence-electron chi connectivity index (χ1n) is 3.09. The van der Waals surface area contributed by atoms with Crippen LogP contribution in [0.1, 0.15) is 0 Å². The van der Waals surface area contributed by atoms with Crippen molar-refractivity contribution in [3.8, 4) is 5.88 Å². The molecule has 0 saturated heterocycles. The summed E-state index contributed by atoms with van der Waals surface area (Å²) in [5, 5.41) is 0. The number of hydrogen-bond donors (Lipinski definition) is 0. The molecule has 1 aromatic heterocycles. The normalized spacial score (nSPS) is 11.3. The first-order chi connectivity index (χ1) is 5.95. The lowest BCUT2D eigenvalue weighted by Crippen LogP contribution is -1.95. The summed E-state index contributed by atoms with van der Waals surface area (Å²) in [6.45, 7) is 0. The Balaban J connectivity index is 3.26. The predicted molar refractivity (Wildman–Crippen MR) is 46.8 cm³/mol. The van der Waals surface area contributed by atoms with Gasteiger partial charge in [-0.1, -0.05) is 0 Å². The molecule has 0 atom stereocenters. The van der Waals surface area contributed by atoms with Crippen LogP contribution in [0.15, 0.2) is 21.6 Å². The van der Waals surface area contributed by atoms with E-state index in [1.54, 1.807) is 0 Å². The van der Waals surface area contributed by atoms with Gasteiger partial charge in [-0.2, -0.15) is 8.42 Å². The molecule has 0 N–H and O–H groups in total. The largest absolute Gasteiger partial charge is 0.480 e. The third-order valence-corrected chi connectivity index (χ3v) is 2.61. The molecular weight excluding hydrogens is 265 g/mol. The summed E-state index contributed by atoms with van der Waals surface area (Å²) in [5.74, 6) is 0.201. The smallest absolute Gasteiger partial charge is 0.333 e. The maximum atomic E-state index is 12.4. The number of rotatable bonds is 2. The second-order valence-corrected chi connectivity index (χ2v) is 4.30. The van der Waals surface area contributed by atoms with Crippen LogP contribution < -0.4 is 4.74 Å². The van der Waals surface area contributed by atoms with Crippen LogP contribution in [0.5, 0.6) is 5.88 Å². The topological polar surface area (TPSA) is 56.3 Å². The lowest BCUT2D eigenvalue weighted by Gasteiger charge is -2.01. The average Bonchev–Trinajstić information content (AvgIpc) is 2.02. The molecule has 1 aromatic rings. The van der Waals surface area contributed by atoms with Crippen molar-refractivity contribution < 1.29 is 17.0 Å². The number of pyridine rings is 1. The molecule has 0 fully saturated rings. The number of nitrogens with zero attached hydrogens (tertiary/aromatic N) is 1. The van der Waals surface area contributed by atoms with Crippen molar-refractivity contribution in [2.75, 3.05) is 7.11 Å². The van der Waals surface area contributed by atoms with E-state index in [4.69, 9.17) is 4.74 Å². The molecule has 0 bridgehead atoms. The van der Waals surface area contributed by atoms with Gasteiger partial charge in [-0.05, 0) is 22.0 Å². The minimum atomic E-state index is -4.70. The Kier molecular flexibility index (Phi) is 2.87. The van der Waals surface area contributed by atoms with E-state index >= 15 is 0 Å². The Morgan fingerprint density at radius 1 is 1.62 bits per heavy atom. The quantitative estimate of drug-likeness (QED) is 0.764. The maximum absolute atomic E-state index is 12.4. The first-order valence-corrected chi connectivity index (χ1v) is 5.27. The van der Waals surface area contributed by atoms with Crippen molar-refractivity contribution in [3.63, 3.8) is 0 Å². The van der Waals surface area contributed by atoms with E-state index in [2.05, 4.69) is 20.9 Å². The molecule has 1 rings (SSSR count). The van der Waals surface area contributed by atoms with Crippen molar-refractivity contribution in [2.45, 2.75) is 4.90 Å². The molecule has 0 saturated carbocycles. The van der Waals surface area contributed by atoms with Gasteiger partial charge in [0.15, 0.2) is 0 Å². The summed E-state index contributed by atoms with van der Waals surface area (Å²) >= 11 is 2.98. The number of aromatic nitrogens is 1. The number of hydrogen-bond acceptors (Lipinski definition) is 4. The van der Waals surface area contributed by atoms with Crippen molar-refractivity contribution >= 4 is 26.2 Å². The summed E-state index contributed by atoms with van der Waals surface area (Å²) in [6.07, 6.45) is 0.888. The Bertz CT molecular complexity index is 420. The fourth-order valence-electron chi connectivity index (χ4n) is 0.691. The van der Waals surface area contributed by atoms with Gasteiger partial charge in [-0.3, -0.25) is 0 Å². The summed E-state index contributed by atoms with van der Waals surface area (Å²) in [5.41, 5.74) is 0. The second-order valence-electron chi connectivity index (χ2n) is 2.10. The molecule has 1 heterocycles. The zero-order valence-corrected chi connectivity index (χ0v) is 8.89. The predicted octanol–water partition coefficient (Wildman–Crippen LogP) is 1.51. The van der Waals surface area contributed by atoms with Gasteiger partial charge in [0.1, 0.15) is 4.90 Å². The van der Waals surface area contributed by atoms with Crippen LogP contribution in [0.3, 0.4) is 0 Å². The maximum Gasteiger partial charge on any atom is 0.333 e. The van der Waals surface area contributed by atoms with Crippen LogP contribution in [0.25, 0.3) is 0 Å². The van der Waals surface area contributed by atoms with Crippen LogP contribution in [-0.2, 0) is 10.2 Å². The molecule has 13 heavy (non-hydrogen) atoms. The summed E-state index contributed by atoms with van der Waals surface area (Å²) in [7, 11) is -3.33. The van der Waals surface area contributed by atoms with Gasteiger partial charge in [-0.15, -0.1) is 3.89 Å². The molecule has 0 spiro atoms. The molecule has 0 amide bonds. The van der Waals surface area contributed by atoms with Gasteiger partial charge in [0.25, 0.3) is 0 Å². The van der Waals surface area contributed by atoms with Gasteiger partial charge in [0, 0.05) is 0 Å². The van der Waals surface area contributed by atoms with Gasteiger partial charge < -0.3 is 4.74 Å². The van der Waals surface area contributed by atoms with E-state index in [1.165, 1.54) is 7.11 Å². The van der Waals surface area contributed by atoms with Crippen molar-refractivity contribution in [1.82, 2.24) is 4.98 Å². The highest BCUT2D eigenvalue weighted by Crippen LogP contribution is 2.25. The summed E-state index contributed by atoms with van der Waals surface area (Å²) in [4.78, 5) is 3.08. The van der Waals surface area contributed by atoms with E-state index in [9.17, 15) is 12.3 Å². The lowest BCUT2D eigenvalue weighted by molar-refractivity contribution is 0.394. The van der Waals surface area contributed by atoms with Gasteiger partial charge in [0.2, 0.25) is 5.88 Å². The number of ether oxygens (including phenoxy) is 1. The third-order valence-electron chi connectivity index (χ3n) is 1.26. The van der Waals surface area contributed by atoms with Gasteiger partial charge in [-0.25, -0.2) is 4.98 Å². The van der Waals surface area contributed by atoms with E-state index in [0.717, 1.165) is 12.3 Å². The van der Waals surface area contributed by atoms with Crippen LogP contribution >= 0.6 is 15.9 Å². The van der Waals surface area contributed by atoms with E-state index in [1.807, 2.05) is 0 Å². The molecule has 4 nitrogen and oxygen atoms in total. The molecule has 0 aliphatic rings. The molecule has 0 aliphatic heterocycles. The average molecular weight is 270 g/mol. The monoisotopic (exact) mass is 269 g/mol. The molecule has 0 unspecified atom stereocenters. The van der Waals surface area contributed by atoms with Crippen molar-refractivity contribution in [3.05, 3.63) is 16.7 Å². The summed E-state index contributed by atoms with van der Waals surface area (Å²) in [6, 6.07) is 1.08. The molecule has 0 aliphatic carbocycles. The number of halogens is 2. The van der Waals surface area contributed by atoms with Crippen LogP contribution in [0.2, 0.25) is 0 Å². The van der Waals surface area contributed by atoms with E-state index in [0.29, 0.717) is 0 Å². The Morgan fingerprint density at radius 2 is 2.23 bits per heavy atom. The fraction of sp³-hybridized carbons (Fsp3) is 0.167. The highest BCUT2D eigenvalue weighted by atomic mass is 79.9. The molecular formula is C6H5BrFNO3S. The highest BCUT2D eigenvalue weighted by molar-refractivity contribution is 9.10. The zero-order valence-electron chi connectivity index (χ0n) is 6.49. The second kappa shape index (κ2) is 3.59. The Labute approximate surface area is 83.1 Å². The molecule has 72 valence electrons. The first kappa shape index (κ1) is 10.4. The summed E-state index contributed by atoms with van der Waals surface area (Å²) < 4.78 is 38.3. The lowest BCUT2D eigenvalue weighted by atomic mass is 10.5. The van der Waals surface area contributed by atoms with Crippen molar-refractivity contribution in [2.24, 2.45) is 0 Å². The van der Waals surface area contributed by atoms with Crippen LogP contribution in [0, 0.1) is 0 Å². The van der Waals surface area contributed by atoms with Crippen LogP contribution in [0.4, 0.5) is 3.89 Å². The fourth-order valence-corrected chi connectivity index (χ4v) is 1.79. The number of methoxy groups -OCH3 is 1. The third kappa shape index (κ3) is 2.38. The van der Waals surface area contributed by atoms with Crippen molar-refractivity contribution in [1.29, 1.82) is 0 Å². The van der Waals surface area contributed by atoms with E-state index < -0.39 is 15.1 Å². The minimum absolute atomic E-state index is 0.201. The van der Waals surface area contributed by atoms with Gasteiger partial charge in [0.05, 0.1) is 17.8 Å². The van der Waals surface area contributed by atoms with E-state index in [-0.39, 0.29) is 10.4 Å². The standard InChI is InChI=1S/C6H5BrFNO3S/c1-12-6-5(7)2-4(3-9-6)13(8,10)11/h2-3H,1H3. The SMILES string of the molecule is COc1ncc(S(=O)(=O)F)cc1Br. The Hall–Kier alpha value is -0.690. The molecule has 7 heteroatoms. The van der Waals surface area contributed by atoms with Gasteiger partial charge >= 0.3 is 10.2 Å². The van der Waals surface area contributed by atoms with Crippen LogP contribution in [-0.4, -0.2) is 20.5 Å². The highest BCUT2D eigenvalue weighted by Gasteiger charge is 2.14.